The number of likely N-dealkylation sites (tertiary alicyclic amines) is 1. The molecular formula is C28H34N8O2. The third-order valence-corrected chi connectivity index (χ3v) is 6.73. The van der Waals surface area contributed by atoms with E-state index in [0.717, 1.165) is 27.7 Å². The minimum atomic E-state index is -0.263. The van der Waals surface area contributed by atoms with Gasteiger partial charge < -0.3 is 20.6 Å². The van der Waals surface area contributed by atoms with E-state index in [0.29, 0.717) is 49.8 Å². The van der Waals surface area contributed by atoms with Crippen LogP contribution in [-0.2, 0) is 0 Å². The lowest BCUT2D eigenvalue weighted by molar-refractivity contribution is 0.0964. The summed E-state index contributed by atoms with van der Waals surface area (Å²) in [6, 6.07) is 9.54. The molecule has 10 nitrogen and oxygen atoms in total. The second-order valence-corrected chi connectivity index (χ2v) is 9.37. The van der Waals surface area contributed by atoms with E-state index in [-0.39, 0.29) is 17.9 Å². The molecule has 1 fully saturated rings. The van der Waals surface area contributed by atoms with Crippen LogP contribution >= 0.6 is 0 Å². The molecule has 0 bridgehead atoms. The number of nitrogens with zero attached hydrogens (tertiary/aromatic N) is 6. The highest BCUT2D eigenvalue weighted by Crippen LogP contribution is 2.26. The number of amides is 1. The molecule has 3 heterocycles. The summed E-state index contributed by atoms with van der Waals surface area (Å²) in [6.45, 7) is 9.71. The number of guanidine groups is 1. The lowest BCUT2D eigenvalue weighted by Gasteiger charge is -2.29. The molecule has 1 atom stereocenters. The maximum atomic E-state index is 12.3. The summed E-state index contributed by atoms with van der Waals surface area (Å²) in [4.78, 5) is 36.3. The number of nitrogens with one attached hydrogen (secondary N) is 2. The number of hydrogen-bond donors (Lipinski definition) is 3. The molecule has 198 valence electrons. The normalized spacial score (nSPS) is 15.8. The number of aromatic nitrogens is 3. The van der Waals surface area contributed by atoms with Gasteiger partial charge in [-0.2, -0.15) is 0 Å². The van der Waals surface area contributed by atoms with Crippen LogP contribution in [0, 0.1) is 0 Å². The van der Waals surface area contributed by atoms with Crippen molar-refractivity contribution in [2.45, 2.75) is 38.7 Å². The molecule has 1 aliphatic heterocycles. The number of carbonyl (C=O) groups excluding carboxylic acids is 1. The molecule has 0 saturated carbocycles. The molecule has 3 N–H and O–H groups in total. The molecule has 0 unspecified atom stereocenters. The molecule has 2 aromatic heterocycles. The van der Waals surface area contributed by atoms with Crippen LogP contribution in [0.2, 0.25) is 0 Å². The molecule has 10 heteroatoms. The Kier molecular flexibility index (Phi) is 8.75. The van der Waals surface area contributed by atoms with Gasteiger partial charge in [0.15, 0.2) is 0 Å². The molecule has 1 aromatic carbocycles. The van der Waals surface area contributed by atoms with E-state index in [1.54, 1.807) is 25.5 Å². The average Bonchev–Trinajstić information content (AvgIpc) is 2.96. The fourth-order valence-electron chi connectivity index (χ4n) is 4.48. The summed E-state index contributed by atoms with van der Waals surface area (Å²) in [5.74, 6) is 1.22. The minimum absolute atomic E-state index is 0.107. The molecule has 3 aromatic rings. The van der Waals surface area contributed by atoms with Crippen LogP contribution in [0.4, 0.5) is 5.82 Å². The number of hydrogen-bond acceptors (Lipinski definition) is 7. The Morgan fingerprint density at radius 3 is 2.79 bits per heavy atom. The van der Waals surface area contributed by atoms with Crippen LogP contribution in [0.3, 0.4) is 0 Å². The minimum Gasteiger partial charge on any atom is -0.393 e. The van der Waals surface area contributed by atoms with Crippen molar-refractivity contribution in [3.8, 4) is 0 Å². The van der Waals surface area contributed by atoms with Crippen molar-refractivity contribution in [2.24, 2.45) is 9.98 Å². The monoisotopic (exact) mass is 514 g/mol. The number of aliphatic imine (C=N–C) groups is 2. The van der Waals surface area contributed by atoms with Gasteiger partial charge in [0.25, 0.3) is 5.91 Å². The Morgan fingerprint density at radius 1 is 1.26 bits per heavy atom. The summed E-state index contributed by atoms with van der Waals surface area (Å²) in [5, 5.41) is 16.7. The Labute approximate surface area is 222 Å². The Morgan fingerprint density at radius 2 is 2.05 bits per heavy atom. The number of anilines is 1. The summed E-state index contributed by atoms with van der Waals surface area (Å²) < 4.78 is 0. The van der Waals surface area contributed by atoms with Gasteiger partial charge in [-0.25, -0.2) is 20.0 Å². The quantitative estimate of drug-likeness (QED) is 0.325. The number of allylic oxidation sites excluding steroid dienone is 1. The van der Waals surface area contributed by atoms with E-state index in [4.69, 9.17) is 0 Å². The number of piperidine rings is 1. The predicted octanol–water partition coefficient (Wildman–Crippen LogP) is 3.47. The third-order valence-electron chi connectivity index (χ3n) is 6.73. The molecule has 4 rings (SSSR count). The van der Waals surface area contributed by atoms with Crippen LogP contribution in [0.25, 0.3) is 16.5 Å². The van der Waals surface area contributed by atoms with Crippen molar-refractivity contribution in [1.29, 1.82) is 0 Å². The van der Waals surface area contributed by atoms with E-state index >= 15 is 0 Å². The zero-order valence-corrected chi connectivity index (χ0v) is 22.1. The summed E-state index contributed by atoms with van der Waals surface area (Å²) in [6.07, 6.45) is 6.06. The van der Waals surface area contributed by atoms with Crippen LogP contribution in [0.1, 0.15) is 54.2 Å². The van der Waals surface area contributed by atoms with Crippen molar-refractivity contribution in [2.75, 3.05) is 32.0 Å². The second kappa shape index (κ2) is 12.4. The van der Waals surface area contributed by atoms with E-state index < -0.39 is 0 Å². The van der Waals surface area contributed by atoms with E-state index in [1.165, 1.54) is 6.33 Å². The van der Waals surface area contributed by atoms with Gasteiger partial charge in [0.05, 0.1) is 22.9 Å². The number of aliphatic hydroxyl groups is 1. The second-order valence-electron chi connectivity index (χ2n) is 9.37. The number of benzene rings is 1. The number of pyridine rings is 1. The predicted molar refractivity (Wildman–Crippen MR) is 152 cm³/mol. The van der Waals surface area contributed by atoms with Gasteiger partial charge in [0.1, 0.15) is 12.1 Å². The summed E-state index contributed by atoms with van der Waals surface area (Å²) in [7, 11) is 1.63. The van der Waals surface area contributed by atoms with Crippen LogP contribution in [0.15, 0.2) is 59.0 Å². The molecule has 38 heavy (non-hydrogen) atoms. The van der Waals surface area contributed by atoms with E-state index in [1.807, 2.05) is 36.1 Å². The number of rotatable bonds is 7. The maximum absolute atomic E-state index is 12.3. The first-order valence-electron chi connectivity index (χ1n) is 12.7. The van der Waals surface area contributed by atoms with E-state index in [9.17, 15) is 9.90 Å². The fourth-order valence-corrected chi connectivity index (χ4v) is 4.48. The SMILES string of the molecule is C=N/C(=N\C=C(/C)c1cc(NC[C@@H](C)c2cccc3c(C(=O)NC)ccnc23)ncn1)N1CCC(O)CC1. The van der Waals surface area contributed by atoms with Gasteiger partial charge in [0, 0.05) is 56.4 Å². The highest BCUT2D eigenvalue weighted by molar-refractivity contribution is 6.06. The van der Waals surface area contributed by atoms with Gasteiger partial charge in [-0.3, -0.25) is 9.78 Å². The first-order chi connectivity index (χ1) is 18.4. The molecule has 0 spiro atoms. The Balaban J connectivity index is 1.46. The molecular weight excluding hydrogens is 480 g/mol. The Bertz CT molecular complexity index is 1360. The maximum Gasteiger partial charge on any atom is 0.251 e. The van der Waals surface area contributed by atoms with Crippen LogP contribution in [0.5, 0.6) is 0 Å². The zero-order valence-electron chi connectivity index (χ0n) is 22.1. The topological polar surface area (TPSA) is 128 Å². The summed E-state index contributed by atoms with van der Waals surface area (Å²) in [5.41, 5.74) is 4.09. The van der Waals surface area contributed by atoms with Gasteiger partial charge in [-0.05, 0) is 43.7 Å². The summed E-state index contributed by atoms with van der Waals surface area (Å²) >= 11 is 0. The first kappa shape index (κ1) is 26.9. The zero-order chi connectivity index (χ0) is 27.1. The van der Waals surface area contributed by atoms with Crippen molar-refractivity contribution in [3.63, 3.8) is 0 Å². The van der Waals surface area contributed by atoms with Crippen molar-refractivity contribution < 1.29 is 9.90 Å². The average molecular weight is 515 g/mol. The van der Waals surface area contributed by atoms with Crippen molar-refractivity contribution in [3.05, 3.63) is 65.9 Å². The molecule has 1 aliphatic rings. The number of para-hydroxylation sites is 1. The van der Waals surface area contributed by atoms with Crippen LogP contribution < -0.4 is 10.6 Å². The molecule has 0 radical (unpaired) electrons. The molecule has 1 amide bonds. The largest absolute Gasteiger partial charge is 0.393 e. The van der Waals surface area contributed by atoms with Crippen LogP contribution in [-0.4, -0.2) is 76.3 Å². The van der Waals surface area contributed by atoms with E-state index in [2.05, 4.69) is 49.2 Å². The van der Waals surface area contributed by atoms with Gasteiger partial charge >= 0.3 is 0 Å². The van der Waals surface area contributed by atoms with Crippen molar-refractivity contribution in [1.82, 2.24) is 25.2 Å². The number of carbonyl (C=O) groups is 1. The number of aliphatic hydroxyl groups excluding tert-OH is 1. The lowest BCUT2D eigenvalue weighted by atomic mass is 9.96. The molecule has 0 aliphatic carbocycles. The Hall–Kier alpha value is -4.18. The lowest BCUT2D eigenvalue weighted by Crippen LogP contribution is -2.39. The first-order valence-corrected chi connectivity index (χ1v) is 12.7. The smallest absolute Gasteiger partial charge is 0.251 e. The molecule has 1 saturated heterocycles. The highest BCUT2D eigenvalue weighted by Gasteiger charge is 2.19. The van der Waals surface area contributed by atoms with Crippen molar-refractivity contribution >= 4 is 40.9 Å². The van der Waals surface area contributed by atoms with Gasteiger partial charge in [0.2, 0.25) is 5.96 Å². The standard InChI is InChI=1S/C28H34N8O2/c1-18(21-6-5-7-22-23(27(38)29-3)8-11-31-26(21)22)15-32-25-14-24(34-17-35-25)19(2)16-33-28(30-4)36-12-9-20(37)10-13-36/h5-8,11,14,16-18,20,37H,4,9-10,12-13,15H2,1-3H3,(H,29,38)(H,32,34,35)/b19-16+,33-28+/t18-/m1/s1. The number of fused-ring (bicyclic) bond motifs is 1. The highest BCUT2D eigenvalue weighted by atomic mass is 16.3. The van der Waals surface area contributed by atoms with Gasteiger partial charge in [-0.1, -0.05) is 25.1 Å². The van der Waals surface area contributed by atoms with Gasteiger partial charge in [-0.15, -0.1) is 0 Å². The fraction of sp³-hybridized carbons (Fsp3) is 0.357. The third kappa shape index (κ3) is 6.20.